The van der Waals surface area contributed by atoms with Gasteiger partial charge < -0.3 is 15.8 Å². The van der Waals surface area contributed by atoms with E-state index in [0.717, 1.165) is 28.0 Å². The van der Waals surface area contributed by atoms with Crippen LogP contribution in [0.1, 0.15) is 27.0 Å². The number of benzene rings is 1. The largest absolute Gasteiger partial charge is 0.496 e. The highest BCUT2D eigenvalue weighted by Gasteiger charge is 2.16. The highest BCUT2D eigenvalue weighted by Crippen LogP contribution is 2.27. The summed E-state index contributed by atoms with van der Waals surface area (Å²) >= 11 is 0. The summed E-state index contributed by atoms with van der Waals surface area (Å²) in [7, 11) is 1.63. The molecule has 0 aliphatic rings. The molecule has 0 saturated carbocycles. The Morgan fingerprint density at radius 2 is 2.00 bits per heavy atom. The maximum atomic E-state index is 12.0. The van der Waals surface area contributed by atoms with E-state index in [0.29, 0.717) is 13.1 Å². The summed E-state index contributed by atoms with van der Waals surface area (Å²) in [5, 5.41) is 2.79. The minimum atomic E-state index is -0.0730. The first kappa shape index (κ1) is 13.5. The van der Waals surface area contributed by atoms with Crippen molar-refractivity contribution >= 4 is 5.91 Å². The lowest BCUT2D eigenvalue weighted by atomic mass is 9.97. The molecule has 0 aliphatic heterocycles. The molecule has 0 aromatic heterocycles. The fourth-order valence-corrected chi connectivity index (χ4v) is 1.88. The Labute approximate surface area is 102 Å². The minimum Gasteiger partial charge on any atom is -0.496 e. The molecule has 1 aromatic rings. The lowest BCUT2D eigenvalue weighted by molar-refractivity contribution is 0.0953. The molecule has 0 atom stereocenters. The summed E-state index contributed by atoms with van der Waals surface area (Å²) in [5.74, 6) is 0.742. The Morgan fingerprint density at radius 1 is 1.35 bits per heavy atom. The molecular weight excluding hydrogens is 216 g/mol. The molecule has 0 aliphatic carbocycles. The summed E-state index contributed by atoms with van der Waals surface area (Å²) in [5.41, 5.74) is 8.96. The molecule has 0 unspecified atom stereocenters. The van der Waals surface area contributed by atoms with E-state index in [-0.39, 0.29) is 5.91 Å². The summed E-state index contributed by atoms with van der Waals surface area (Å²) in [6.45, 7) is 6.73. The van der Waals surface area contributed by atoms with E-state index >= 15 is 0 Å². The standard InChI is InChI=1S/C13H20N2O2/c1-8-7-11(17-4)9(2)10(3)12(8)13(16)15-6-5-14/h7H,5-6,14H2,1-4H3,(H,15,16). The van der Waals surface area contributed by atoms with Gasteiger partial charge in [-0.1, -0.05) is 0 Å². The summed E-state index contributed by atoms with van der Waals surface area (Å²) in [6, 6.07) is 1.89. The number of rotatable bonds is 4. The predicted molar refractivity (Wildman–Crippen MR) is 68.6 cm³/mol. The summed E-state index contributed by atoms with van der Waals surface area (Å²) < 4.78 is 5.27. The van der Waals surface area contributed by atoms with Gasteiger partial charge in [-0.25, -0.2) is 0 Å². The monoisotopic (exact) mass is 236 g/mol. The zero-order valence-electron chi connectivity index (χ0n) is 10.9. The second-order valence-corrected chi connectivity index (χ2v) is 4.07. The second-order valence-electron chi connectivity index (χ2n) is 4.07. The molecule has 3 N–H and O–H groups in total. The van der Waals surface area contributed by atoms with Crippen molar-refractivity contribution in [2.45, 2.75) is 20.8 Å². The first-order chi connectivity index (χ1) is 8.02. The van der Waals surface area contributed by atoms with Crippen LogP contribution >= 0.6 is 0 Å². The zero-order valence-corrected chi connectivity index (χ0v) is 10.9. The van der Waals surface area contributed by atoms with Crippen molar-refractivity contribution in [2.75, 3.05) is 20.2 Å². The SMILES string of the molecule is COc1cc(C)c(C(=O)NCCN)c(C)c1C. The van der Waals surface area contributed by atoms with E-state index in [1.807, 2.05) is 26.8 Å². The van der Waals surface area contributed by atoms with Gasteiger partial charge in [-0.15, -0.1) is 0 Å². The van der Waals surface area contributed by atoms with Gasteiger partial charge in [-0.05, 0) is 43.5 Å². The van der Waals surface area contributed by atoms with Crippen molar-refractivity contribution in [2.24, 2.45) is 5.73 Å². The number of hydrogen-bond acceptors (Lipinski definition) is 3. The molecule has 94 valence electrons. The average Bonchev–Trinajstić information content (AvgIpc) is 2.31. The van der Waals surface area contributed by atoms with Crippen LogP contribution in [0.2, 0.25) is 0 Å². The van der Waals surface area contributed by atoms with Crippen molar-refractivity contribution < 1.29 is 9.53 Å². The topological polar surface area (TPSA) is 64.3 Å². The van der Waals surface area contributed by atoms with Gasteiger partial charge >= 0.3 is 0 Å². The van der Waals surface area contributed by atoms with Crippen molar-refractivity contribution in [3.05, 3.63) is 28.3 Å². The van der Waals surface area contributed by atoms with Crippen LogP contribution in [0.15, 0.2) is 6.07 Å². The van der Waals surface area contributed by atoms with Gasteiger partial charge in [-0.2, -0.15) is 0 Å². The maximum absolute atomic E-state index is 12.0. The smallest absolute Gasteiger partial charge is 0.251 e. The average molecular weight is 236 g/mol. The first-order valence-electron chi connectivity index (χ1n) is 5.66. The molecule has 4 heteroatoms. The van der Waals surface area contributed by atoms with E-state index in [1.165, 1.54) is 0 Å². The molecule has 0 saturated heterocycles. The first-order valence-corrected chi connectivity index (χ1v) is 5.66. The number of aryl methyl sites for hydroxylation is 1. The Bertz CT molecular complexity index is 428. The van der Waals surface area contributed by atoms with E-state index in [4.69, 9.17) is 10.5 Å². The maximum Gasteiger partial charge on any atom is 0.251 e. The molecule has 0 bridgehead atoms. The number of nitrogens with one attached hydrogen (secondary N) is 1. The lowest BCUT2D eigenvalue weighted by Gasteiger charge is -2.15. The van der Waals surface area contributed by atoms with Gasteiger partial charge in [0.2, 0.25) is 0 Å². The normalized spacial score (nSPS) is 10.2. The molecule has 0 spiro atoms. The minimum absolute atomic E-state index is 0.0730. The molecule has 4 nitrogen and oxygen atoms in total. The third kappa shape index (κ3) is 2.77. The van der Waals surface area contributed by atoms with Crippen LogP contribution < -0.4 is 15.8 Å². The number of nitrogens with two attached hydrogens (primary N) is 1. The molecule has 1 aromatic carbocycles. The van der Waals surface area contributed by atoms with Gasteiger partial charge in [-0.3, -0.25) is 4.79 Å². The fourth-order valence-electron chi connectivity index (χ4n) is 1.88. The van der Waals surface area contributed by atoms with E-state index in [1.54, 1.807) is 7.11 Å². The highest BCUT2D eigenvalue weighted by atomic mass is 16.5. The molecule has 0 fully saturated rings. The third-order valence-corrected chi connectivity index (χ3v) is 2.93. The third-order valence-electron chi connectivity index (χ3n) is 2.93. The van der Waals surface area contributed by atoms with E-state index in [9.17, 15) is 4.79 Å². The van der Waals surface area contributed by atoms with Crippen molar-refractivity contribution in [3.63, 3.8) is 0 Å². The molecule has 1 amide bonds. The van der Waals surface area contributed by atoms with Gasteiger partial charge in [0.05, 0.1) is 7.11 Å². The summed E-state index contributed by atoms with van der Waals surface area (Å²) in [4.78, 5) is 12.0. The quantitative estimate of drug-likeness (QED) is 0.828. The van der Waals surface area contributed by atoms with Crippen LogP contribution in [0.4, 0.5) is 0 Å². The van der Waals surface area contributed by atoms with Gasteiger partial charge in [0.1, 0.15) is 5.75 Å². The Kier molecular flexibility index (Phi) is 4.52. The highest BCUT2D eigenvalue weighted by molar-refractivity contribution is 5.97. The van der Waals surface area contributed by atoms with Gasteiger partial charge in [0.25, 0.3) is 5.91 Å². The zero-order chi connectivity index (χ0) is 13.0. The number of carbonyl (C=O) groups is 1. The number of hydrogen-bond donors (Lipinski definition) is 2. The molecular formula is C13H20N2O2. The molecule has 0 heterocycles. The summed E-state index contributed by atoms with van der Waals surface area (Å²) in [6.07, 6.45) is 0. The van der Waals surface area contributed by atoms with Crippen molar-refractivity contribution in [3.8, 4) is 5.75 Å². The van der Waals surface area contributed by atoms with Crippen LogP contribution in [-0.2, 0) is 0 Å². The van der Waals surface area contributed by atoms with E-state index in [2.05, 4.69) is 5.32 Å². The number of ether oxygens (including phenoxy) is 1. The molecule has 0 radical (unpaired) electrons. The Balaban J connectivity index is 3.16. The van der Waals surface area contributed by atoms with Crippen LogP contribution in [0.25, 0.3) is 0 Å². The van der Waals surface area contributed by atoms with Crippen LogP contribution in [0, 0.1) is 20.8 Å². The Morgan fingerprint density at radius 3 is 2.53 bits per heavy atom. The van der Waals surface area contributed by atoms with Gasteiger partial charge in [0.15, 0.2) is 0 Å². The van der Waals surface area contributed by atoms with Gasteiger partial charge in [0, 0.05) is 18.7 Å². The molecule has 1 rings (SSSR count). The van der Waals surface area contributed by atoms with Crippen LogP contribution in [0.3, 0.4) is 0 Å². The number of carbonyl (C=O) groups excluding carboxylic acids is 1. The second kappa shape index (κ2) is 5.68. The van der Waals surface area contributed by atoms with Crippen LogP contribution in [-0.4, -0.2) is 26.1 Å². The predicted octanol–water partition coefficient (Wildman–Crippen LogP) is 1.31. The van der Waals surface area contributed by atoms with Crippen molar-refractivity contribution in [1.82, 2.24) is 5.32 Å². The Hall–Kier alpha value is -1.55. The number of amides is 1. The number of methoxy groups -OCH3 is 1. The lowest BCUT2D eigenvalue weighted by Crippen LogP contribution is -2.30. The molecule has 17 heavy (non-hydrogen) atoms. The van der Waals surface area contributed by atoms with Crippen LogP contribution in [0.5, 0.6) is 5.75 Å². The van der Waals surface area contributed by atoms with E-state index < -0.39 is 0 Å². The fraction of sp³-hybridized carbons (Fsp3) is 0.462. The van der Waals surface area contributed by atoms with Crippen molar-refractivity contribution in [1.29, 1.82) is 0 Å².